The summed E-state index contributed by atoms with van der Waals surface area (Å²) in [5.74, 6) is 0. The molecular weight excluding hydrogens is 176 g/mol. The van der Waals surface area contributed by atoms with Crippen molar-refractivity contribution in [3.05, 3.63) is 0 Å². The zero-order valence-corrected chi connectivity index (χ0v) is 8.87. The highest BCUT2D eigenvalue weighted by Crippen LogP contribution is 2.18. The summed E-state index contributed by atoms with van der Waals surface area (Å²) in [5, 5.41) is 3.56. The fraction of sp³-hybridized carbons (Fsp3) is 1.00. The van der Waals surface area contributed by atoms with Crippen molar-refractivity contribution in [1.82, 2.24) is 5.32 Å². The van der Waals surface area contributed by atoms with Crippen molar-refractivity contribution in [3.8, 4) is 0 Å². The second-order valence-electron chi connectivity index (χ2n) is 4.60. The first kappa shape index (κ1) is 10.4. The van der Waals surface area contributed by atoms with Gasteiger partial charge in [-0.2, -0.15) is 0 Å². The summed E-state index contributed by atoms with van der Waals surface area (Å²) in [5.41, 5.74) is 6.06. The lowest BCUT2D eigenvalue weighted by Crippen LogP contribution is -2.49. The summed E-state index contributed by atoms with van der Waals surface area (Å²) in [4.78, 5) is 0. The number of rotatable bonds is 3. The van der Waals surface area contributed by atoms with E-state index in [1.807, 2.05) is 0 Å². The highest BCUT2D eigenvalue weighted by molar-refractivity contribution is 4.84. The van der Waals surface area contributed by atoms with Crippen LogP contribution in [-0.2, 0) is 4.74 Å². The van der Waals surface area contributed by atoms with Crippen molar-refractivity contribution in [2.24, 2.45) is 5.73 Å². The van der Waals surface area contributed by atoms with Crippen LogP contribution in [-0.4, -0.2) is 31.3 Å². The lowest BCUT2D eigenvalue weighted by molar-refractivity contribution is 0.104. The molecule has 82 valence electrons. The molecule has 1 aliphatic heterocycles. The molecule has 1 saturated carbocycles. The molecule has 0 unspecified atom stereocenters. The molecule has 0 amide bonds. The van der Waals surface area contributed by atoms with Crippen LogP contribution in [0.4, 0.5) is 0 Å². The quantitative estimate of drug-likeness (QED) is 0.712. The van der Waals surface area contributed by atoms with E-state index in [-0.39, 0.29) is 0 Å². The summed E-state index contributed by atoms with van der Waals surface area (Å²) >= 11 is 0. The van der Waals surface area contributed by atoms with Gasteiger partial charge in [0.15, 0.2) is 0 Å². The van der Waals surface area contributed by atoms with Crippen molar-refractivity contribution in [1.29, 1.82) is 0 Å². The standard InChI is InChI=1S/C11H22N2O/c12-10-5-1-2-6-11(10)13-8-9-4-3-7-14-9/h9-11,13H,1-8,12H2/t9-,10-,11-/m1/s1. The molecule has 3 atom stereocenters. The molecule has 2 rings (SSSR count). The SMILES string of the molecule is N[C@@H]1CCCC[C@H]1NC[C@H]1CCCO1. The smallest absolute Gasteiger partial charge is 0.0700 e. The van der Waals surface area contributed by atoms with Gasteiger partial charge < -0.3 is 15.8 Å². The van der Waals surface area contributed by atoms with Gasteiger partial charge >= 0.3 is 0 Å². The summed E-state index contributed by atoms with van der Waals surface area (Å²) in [6.45, 7) is 1.95. The van der Waals surface area contributed by atoms with E-state index in [2.05, 4.69) is 5.32 Å². The molecule has 0 aromatic heterocycles. The fourth-order valence-corrected chi connectivity index (χ4v) is 2.50. The first-order chi connectivity index (χ1) is 6.86. The van der Waals surface area contributed by atoms with E-state index in [0.29, 0.717) is 18.2 Å². The number of ether oxygens (including phenoxy) is 1. The summed E-state index contributed by atoms with van der Waals surface area (Å²) in [6.07, 6.45) is 7.95. The van der Waals surface area contributed by atoms with Crippen molar-refractivity contribution in [2.45, 2.75) is 56.7 Å². The number of nitrogens with two attached hydrogens (primary N) is 1. The molecule has 0 aromatic carbocycles. The zero-order chi connectivity index (χ0) is 9.80. The predicted octanol–water partition coefficient (Wildman–Crippen LogP) is 1.02. The Bertz CT molecular complexity index is 169. The van der Waals surface area contributed by atoms with Crippen molar-refractivity contribution in [2.75, 3.05) is 13.2 Å². The lowest BCUT2D eigenvalue weighted by atomic mass is 9.91. The first-order valence-electron chi connectivity index (χ1n) is 5.97. The first-order valence-corrected chi connectivity index (χ1v) is 5.97. The Morgan fingerprint density at radius 3 is 2.71 bits per heavy atom. The average molecular weight is 198 g/mol. The van der Waals surface area contributed by atoms with Gasteiger partial charge in [-0.1, -0.05) is 12.8 Å². The Balaban J connectivity index is 1.67. The number of hydrogen-bond donors (Lipinski definition) is 2. The van der Waals surface area contributed by atoms with Gasteiger partial charge in [-0.15, -0.1) is 0 Å². The minimum atomic E-state index is 0.366. The molecule has 0 bridgehead atoms. The third kappa shape index (κ3) is 2.69. The molecule has 3 heteroatoms. The monoisotopic (exact) mass is 198 g/mol. The van der Waals surface area contributed by atoms with Gasteiger partial charge in [0.2, 0.25) is 0 Å². The Morgan fingerprint density at radius 1 is 1.14 bits per heavy atom. The molecule has 0 aromatic rings. The summed E-state index contributed by atoms with van der Waals surface area (Å²) in [7, 11) is 0. The predicted molar refractivity (Wildman–Crippen MR) is 57.2 cm³/mol. The third-order valence-electron chi connectivity index (χ3n) is 3.45. The van der Waals surface area contributed by atoms with Gasteiger partial charge in [0.05, 0.1) is 6.10 Å². The minimum absolute atomic E-state index is 0.366. The van der Waals surface area contributed by atoms with Gasteiger partial charge in [-0.3, -0.25) is 0 Å². The normalized spacial score (nSPS) is 38.8. The molecule has 0 radical (unpaired) electrons. The van der Waals surface area contributed by atoms with Crippen LogP contribution >= 0.6 is 0 Å². The van der Waals surface area contributed by atoms with E-state index in [0.717, 1.165) is 13.2 Å². The van der Waals surface area contributed by atoms with Crippen molar-refractivity contribution < 1.29 is 4.74 Å². The maximum absolute atomic E-state index is 6.06. The molecule has 0 spiro atoms. The van der Waals surface area contributed by atoms with Crippen LogP contribution in [0, 0.1) is 0 Å². The Kier molecular flexibility index (Phi) is 3.79. The van der Waals surface area contributed by atoms with E-state index >= 15 is 0 Å². The van der Waals surface area contributed by atoms with E-state index in [1.165, 1.54) is 38.5 Å². The molecule has 1 heterocycles. The Morgan fingerprint density at radius 2 is 2.00 bits per heavy atom. The number of hydrogen-bond acceptors (Lipinski definition) is 3. The zero-order valence-electron chi connectivity index (χ0n) is 8.87. The van der Waals surface area contributed by atoms with Gasteiger partial charge in [-0.05, 0) is 25.7 Å². The third-order valence-corrected chi connectivity index (χ3v) is 3.45. The van der Waals surface area contributed by atoms with E-state index < -0.39 is 0 Å². The summed E-state index contributed by atoms with van der Waals surface area (Å²) in [6, 6.07) is 0.901. The van der Waals surface area contributed by atoms with Gasteiger partial charge in [0.1, 0.15) is 0 Å². The van der Waals surface area contributed by atoms with Crippen molar-refractivity contribution in [3.63, 3.8) is 0 Å². The molecule has 1 aliphatic carbocycles. The number of nitrogens with one attached hydrogen (secondary N) is 1. The summed E-state index contributed by atoms with van der Waals surface area (Å²) < 4.78 is 5.58. The lowest BCUT2D eigenvalue weighted by Gasteiger charge is -2.30. The molecular formula is C11H22N2O. The van der Waals surface area contributed by atoms with Crippen LogP contribution < -0.4 is 11.1 Å². The Labute approximate surface area is 86.4 Å². The highest BCUT2D eigenvalue weighted by atomic mass is 16.5. The van der Waals surface area contributed by atoms with Crippen molar-refractivity contribution >= 4 is 0 Å². The molecule has 2 aliphatic rings. The van der Waals surface area contributed by atoms with Crippen LogP contribution in [0.15, 0.2) is 0 Å². The Hall–Kier alpha value is -0.120. The molecule has 1 saturated heterocycles. The van der Waals surface area contributed by atoms with Crippen LogP contribution in [0.25, 0.3) is 0 Å². The molecule has 14 heavy (non-hydrogen) atoms. The molecule has 3 N–H and O–H groups in total. The molecule has 3 nitrogen and oxygen atoms in total. The second kappa shape index (κ2) is 5.10. The topological polar surface area (TPSA) is 47.3 Å². The van der Waals surface area contributed by atoms with Gasteiger partial charge in [-0.25, -0.2) is 0 Å². The minimum Gasteiger partial charge on any atom is -0.377 e. The second-order valence-corrected chi connectivity index (χ2v) is 4.60. The van der Waals surface area contributed by atoms with Gasteiger partial charge in [0, 0.05) is 25.2 Å². The maximum Gasteiger partial charge on any atom is 0.0700 e. The van der Waals surface area contributed by atoms with Crippen LogP contribution in [0.2, 0.25) is 0 Å². The van der Waals surface area contributed by atoms with Crippen LogP contribution in [0.3, 0.4) is 0 Å². The van der Waals surface area contributed by atoms with Crippen LogP contribution in [0.1, 0.15) is 38.5 Å². The van der Waals surface area contributed by atoms with Crippen LogP contribution in [0.5, 0.6) is 0 Å². The largest absolute Gasteiger partial charge is 0.377 e. The van der Waals surface area contributed by atoms with Gasteiger partial charge in [0.25, 0.3) is 0 Å². The molecule has 2 fully saturated rings. The van der Waals surface area contributed by atoms with E-state index in [9.17, 15) is 0 Å². The average Bonchev–Trinajstić information content (AvgIpc) is 2.69. The fourth-order valence-electron chi connectivity index (χ4n) is 2.50. The highest BCUT2D eigenvalue weighted by Gasteiger charge is 2.23. The maximum atomic E-state index is 6.06. The van der Waals surface area contributed by atoms with E-state index in [1.54, 1.807) is 0 Å². The van der Waals surface area contributed by atoms with E-state index in [4.69, 9.17) is 10.5 Å².